The van der Waals surface area contributed by atoms with Gasteiger partial charge in [0.15, 0.2) is 5.22 Å². The van der Waals surface area contributed by atoms with Crippen LogP contribution in [-0.2, 0) is 0 Å². The number of halogens is 1. The summed E-state index contributed by atoms with van der Waals surface area (Å²) in [4.78, 5) is 0. The van der Waals surface area contributed by atoms with E-state index in [1.165, 1.54) is 0 Å². The summed E-state index contributed by atoms with van der Waals surface area (Å²) in [6, 6.07) is 9.88. The second-order valence-electron chi connectivity index (χ2n) is 4.61. The molecule has 0 aliphatic rings. The first kappa shape index (κ1) is 14.0. The Hall–Kier alpha value is -1.45. The molecule has 0 aliphatic heterocycles. The minimum absolute atomic E-state index is 0.0133. The fraction of sp³-hybridized carbons (Fsp3) is 0.333. The second kappa shape index (κ2) is 6.13. The van der Waals surface area contributed by atoms with E-state index < -0.39 is 0 Å². The fourth-order valence-corrected chi connectivity index (χ4v) is 2.25. The molecule has 0 bridgehead atoms. The van der Waals surface area contributed by atoms with Crippen molar-refractivity contribution in [2.75, 3.05) is 7.05 Å². The zero-order valence-electron chi connectivity index (χ0n) is 11.3. The molecule has 0 saturated carbocycles. The van der Waals surface area contributed by atoms with Crippen molar-refractivity contribution < 1.29 is 9.15 Å². The maximum absolute atomic E-state index is 6.03. The van der Waals surface area contributed by atoms with Crippen molar-refractivity contribution in [2.45, 2.75) is 26.0 Å². The summed E-state index contributed by atoms with van der Waals surface area (Å²) in [5.74, 6) is 0.867. The highest BCUT2D eigenvalue weighted by atomic mass is 35.5. The summed E-state index contributed by atoms with van der Waals surface area (Å²) in [5, 5.41) is 3.65. The summed E-state index contributed by atoms with van der Waals surface area (Å²) in [7, 11) is 1.90. The molecule has 1 aromatic carbocycles. The molecule has 3 nitrogen and oxygen atoms in total. The molecule has 1 aromatic heterocycles. The lowest BCUT2D eigenvalue weighted by Gasteiger charge is -2.16. The first-order valence-electron chi connectivity index (χ1n) is 6.28. The number of ether oxygens (including phenoxy) is 1. The first-order valence-corrected chi connectivity index (χ1v) is 6.66. The highest BCUT2D eigenvalue weighted by molar-refractivity contribution is 6.29. The molecule has 0 aliphatic carbocycles. The van der Waals surface area contributed by atoms with Gasteiger partial charge in [0.25, 0.3) is 0 Å². The Bertz CT molecular complexity index is 519. The number of benzene rings is 1. The van der Waals surface area contributed by atoms with Crippen LogP contribution >= 0.6 is 11.6 Å². The van der Waals surface area contributed by atoms with E-state index >= 15 is 0 Å². The highest BCUT2D eigenvalue weighted by Crippen LogP contribution is 2.29. The van der Waals surface area contributed by atoms with Crippen LogP contribution in [0.1, 0.15) is 31.0 Å². The van der Waals surface area contributed by atoms with Crippen LogP contribution in [0.3, 0.4) is 0 Å². The molecule has 0 fully saturated rings. The van der Waals surface area contributed by atoms with Gasteiger partial charge in [0.1, 0.15) is 5.75 Å². The molecule has 1 N–H and O–H groups in total. The van der Waals surface area contributed by atoms with Crippen LogP contribution in [0, 0.1) is 0 Å². The lowest BCUT2D eigenvalue weighted by molar-refractivity contribution is 0.242. The molecule has 0 spiro atoms. The van der Waals surface area contributed by atoms with Crippen LogP contribution in [-0.4, -0.2) is 13.2 Å². The molecule has 1 unspecified atom stereocenters. The number of hydrogen-bond acceptors (Lipinski definition) is 3. The van der Waals surface area contributed by atoms with Crippen molar-refractivity contribution in [1.82, 2.24) is 5.32 Å². The molecule has 0 amide bonds. The van der Waals surface area contributed by atoms with Gasteiger partial charge < -0.3 is 14.5 Å². The van der Waals surface area contributed by atoms with Gasteiger partial charge in [-0.2, -0.15) is 0 Å². The normalized spacial score (nSPS) is 12.7. The van der Waals surface area contributed by atoms with E-state index in [1.807, 2.05) is 51.2 Å². The van der Waals surface area contributed by atoms with Gasteiger partial charge in [-0.25, -0.2) is 0 Å². The minimum Gasteiger partial charge on any atom is -0.491 e. The van der Waals surface area contributed by atoms with E-state index in [9.17, 15) is 0 Å². The van der Waals surface area contributed by atoms with Crippen LogP contribution in [0.2, 0.25) is 5.22 Å². The predicted molar refractivity (Wildman–Crippen MR) is 76.8 cm³/mol. The van der Waals surface area contributed by atoms with E-state index in [2.05, 4.69) is 5.32 Å². The van der Waals surface area contributed by atoms with Crippen LogP contribution in [0.4, 0.5) is 0 Å². The number of nitrogens with one attached hydrogen (secondary N) is 1. The first-order chi connectivity index (χ1) is 9.11. The van der Waals surface area contributed by atoms with E-state index in [4.69, 9.17) is 20.8 Å². The topological polar surface area (TPSA) is 34.4 Å². The monoisotopic (exact) mass is 279 g/mol. The van der Waals surface area contributed by atoms with Crippen LogP contribution < -0.4 is 10.1 Å². The molecule has 0 saturated heterocycles. The summed E-state index contributed by atoms with van der Waals surface area (Å²) in [6.07, 6.45) is 1.77. The molecule has 19 heavy (non-hydrogen) atoms. The molecular weight excluding hydrogens is 262 g/mol. The Kier molecular flexibility index (Phi) is 4.51. The second-order valence-corrected chi connectivity index (χ2v) is 4.95. The van der Waals surface area contributed by atoms with Gasteiger partial charge in [-0.05, 0) is 56.3 Å². The number of furan rings is 1. The molecule has 4 heteroatoms. The van der Waals surface area contributed by atoms with Gasteiger partial charge in [0.2, 0.25) is 0 Å². The van der Waals surface area contributed by atoms with Crippen molar-refractivity contribution in [3.8, 4) is 5.75 Å². The molecule has 2 aromatic rings. The van der Waals surface area contributed by atoms with Crippen molar-refractivity contribution in [3.05, 3.63) is 52.9 Å². The Morgan fingerprint density at radius 3 is 2.32 bits per heavy atom. The predicted octanol–water partition coefficient (Wildman–Crippen LogP) is 4.03. The van der Waals surface area contributed by atoms with Gasteiger partial charge in [-0.3, -0.25) is 0 Å². The van der Waals surface area contributed by atoms with Crippen molar-refractivity contribution >= 4 is 11.6 Å². The number of rotatable bonds is 5. The van der Waals surface area contributed by atoms with Gasteiger partial charge in [0, 0.05) is 5.56 Å². The van der Waals surface area contributed by atoms with Crippen LogP contribution in [0.5, 0.6) is 5.75 Å². The summed E-state index contributed by atoms with van der Waals surface area (Å²) >= 11 is 6.03. The van der Waals surface area contributed by atoms with Crippen LogP contribution in [0.15, 0.2) is 41.0 Å². The van der Waals surface area contributed by atoms with E-state index in [0.29, 0.717) is 5.22 Å². The van der Waals surface area contributed by atoms with Gasteiger partial charge in [-0.15, -0.1) is 0 Å². The third kappa shape index (κ3) is 3.31. The van der Waals surface area contributed by atoms with Crippen molar-refractivity contribution in [3.63, 3.8) is 0 Å². The van der Waals surface area contributed by atoms with Crippen molar-refractivity contribution in [1.29, 1.82) is 0 Å². The highest BCUT2D eigenvalue weighted by Gasteiger charge is 2.17. The standard InChI is InChI=1S/C15H18ClNO2/c1-10(2)19-12-6-4-11(5-7-12)14(17-3)13-8-9-18-15(13)16/h4-10,14,17H,1-3H3. The summed E-state index contributed by atoms with van der Waals surface area (Å²) < 4.78 is 10.8. The molecule has 2 rings (SSSR count). The minimum atomic E-state index is 0.0133. The summed E-state index contributed by atoms with van der Waals surface area (Å²) in [5.41, 5.74) is 2.05. The Labute approximate surface area is 118 Å². The van der Waals surface area contributed by atoms with Gasteiger partial charge >= 0.3 is 0 Å². The molecule has 1 atom stereocenters. The Morgan fingerprint density at radius 2 is 1.84 bits per heavy atom. The van der Waals surface area contributed by atoms with Crippen LogP contribution in [0.25, 0.3) is 0 Å². The fourth-order valence-electron chi connectivity index (χ4n) is 2.02. The third-order valence-electron chi connectivity index (χ3n) is 2.83. The zero-order chi connectivity index (χ0) is 13.8. The molecule has 102 valence electrons. The maximum Gasteiger partial charge on any atom is 0.198 e. The van der Waals surface area contributed by atoms with Gasteiger partial charge in [-0.1, -0.05) is 12.1 Å². The lowest BCUT2D eigenvalue weighted by Crippen LogP contribution is -2.17. The lowest BCUT2D eigenvalue weighted by atomic mass is 10.0. The van der Waals surface area contributed by atoms with Crippen molar-refractivity contribution in [2.24, 2.45) is 0 Å². The van der Waals surface area contributed by atoms with E-state index in [1.54, 1.807) is 6.26 Å². The Balaban J connectivity index is 2.22. The Morgan fingerprint density at radius 1 is 1.16 bits per heavy atom. The molecule has 0 radical (unpaired) electrons. The third-order valence-corrected chi connectivity index (χ3v) is 3.14. The quantitative estimate of drug-likeness (QED) is 0.897. The van der Waals surface area contributed by atoms with E-state index in [0.717, 1.165) is 16.9 Å². The average Bonchev–Trinajstić information content (AvgIpc) is 2.78. The average molecular weight is 280 g/mol. The zero-order valence-corrected chi connectivity index (χ0v) is 12.1. The smallest absolute Gasteiger partial charge is 0.198 e. The molecular formula is C15H18ClNO2. The summed E-state index contributed by atoms with van der Waals surface area (Å²) in [6.45, 7) is 4.02. The van der Waals surface area contributed by atoms with Gasteiger partial charge in [0.05, 0.1) is 18.4 Å². The van der Waals surface area contributed by atoms with E-state index in [-0.39, 0.29) is 12.1 Å². The molecule has 1 heterocycles. The maximum atomic E-state index is 6.03. The SMILES string of the molecule is CNC(c1ccc(OC(C)C)cc1)c1ccoc1Cl. The number of hydrogen-bond donors (Lipinski definition) is 1. The largest absolute Gasteiger partial charge is 0.491 e.